The maximum Gasteiger partial charge on any atom is 0.416 e. The van der Waals surface area contributed by atoms with Crippen LogP contribution in [0.4, 0.5) is 13.2 Å². The number of hydrogen-bond acceptors (Lipinski definition) is 4. The Labute approximate surface area is 179 Å². The summed E-state index contributed by atoms with van der Waals surface area (Å²) in [5.41, 5.74) is 1.000. The SMILES string of the molecule is CCOC(=O)Cc1cccc(-c2ccc(C(F)(F)F)cc2CN(CC)C(=O)C2CC2)n1. The zero-order valence-electron chi connectivity index (χ0n) is 17.5. The molecule has 1 fully saturated rings. The highest BCUT2D eigenvalue weighted by Crippen LogP contribution is 2.35. The van der Waals surface area contributed by atoms with Crippen LogP contribution < -0.4 is 0 Å². The monoisotopic (exact) mass is 434 g/mol. The molecule has 0 N–H and O–H groups in total. The van der Waals surface area contributed by atoms with Gasteiger partial charge in [-0.1, -0.05) is 12.1 Å². The summed E-state index contributed by atoms with van der Waals surface area (Å²) in [7, 11) is 0. The molecule has 8 heteroatoms. The van der Waals surface area contributed by atoms with Gasteiger partial charge >= 0.3 is 12.1 Å². The van der Waals surface area contributed by atoms with Crippen molar-refractivity contribution in [3.8, 4) is 11.3 Å². The third kappa shape index (κ3) is 5.83. The molecule has 0 aliphatic heterocycles. The molecule has 0 atom stereocenters. The van der Waals surface area contributed by atoms with Crippen LogP contribution in [0.5, 0.6) is 0 Å². The number of carbonyl (C=O) groups excluding carboxylic acids is 2. The van der Waals surface area contributed by atoms with E-state index in [1.165, 1.54) is 6.07 Å². The zero-order valence-corrected chi connectivity index (χ0v) is 17.5. The summed E-state index contributed by atoms with van der Waals surface area (Å²) in [4.78, 5) is 30.4. The quantitative estimate of drug-likeness (QED) is 0.569. The summed E-state index contributed by atoms with van der Waals surface area (Å²) in [6.07, 6.45) is -2.88. The van der Waals surface area contributed by atoms with E-state index in [1.54, 1.807) is 30.0 Å². The van der Waals surface area contributed by atoms with Gasteiger partial charge in [0.15, 0.2) is 0 Å². The first-order valence-electron chi connectivity index (χ1n) is 10.3. The van der Waals surface area contributed by atoms with Gasteiger partial charge in [0.05, 0.1) is 30.0 Å². The summed E-state index contributed by atoms with van der Waals surface area (Å²) in [6.45, 7) is 4.24. The molecular weight excluding hydrogens is 409 g/mol. The number of rotatable bonds is 8. The van der Waals surface area contributed by atoms with Crippen molar-refractivity contribution in [2.24, 2.45) is 5.92 Å². The molecule has 1 saturated carbocycles. The normalized spacial score (nSPS) is 13.7. The van der Waals surface area contributed by atoms with E-state index in [1.807, 2.05) is 6.92 Å². The largest absolute Gasteiger partial charge is 0.466 e. The number of esters is 1. The summed E-state index contributed by atoms with van der Waals surface area (Å²) < 4.78 is 45.0. The lowest BCUT2D eigenvalue weighted by Gasteiger charge is -2.23. The number of benzene rings is 1. The second kappa shape index (κ2) is 9.49. The Bertz CT molecular complexity index is 955. The Balaban J connectivity index is 1.97. The van der Waals surface area contributed by atoms with Crippen molar-refractivity contribution < 1.29 is 27.5 Å². The van der Waals surface area contributed by atoms with Crippen LogP contribution in [0.2, 0.25) is 0 Å². The lowest BCUT2D eigenvalue weighted by atomic mass is 9.99. The first-order valence-corrected chi connectivity index (χ1v) is 10.3. The van der Waals surface area contributed by atoms with Crippen LogP contribution in [0.25, 0.3) is 11.3 Å². The summed E-state index contributed by atoms with van der Waals surface area (Å²) in [6, 6.07) is 8.52. The smallest absolute Gasteiger partial charge is 0.416 e. The van der Waals surface area contributed by atoms with Gasteiger partial charge in [-0.2, -0.15) is 13.2 Å². The standard InChI is InChI=1S/C23H25F3N2O3/c1-3-28(22(30)15-8-9-15)14-16-12-17(23(24,25)26)10-11-19(16)20-7-5-6-18(27-20)13-21(29)31-4-2/h5-7,10-12,15H,3-4,8-9,13-14H2,1-2H3. The number of alkyl halides is 3. The number of pyridine rings is 1. The highest BCUT2D eigenvalue weighted by Gasteiger charge is 2.34. The van der Waals surface area contributed by atoms with E-state index in [0.717, 1.165) is 25.0 Å². The number of aromatic nitrogens is 1. The van der Waals surface area contributed by atoms with Gasteiger partial charge in [-0.3, -0.25) is 14.6 Å². The van der Waals surface area contributed by atoms with Gasteiger partial charge in [0.2, 0.25) is 5.91 Å². The fourth-order valence-electron chi connectivity index (χ4n) is 3.38. The third-order valence-electron chi connectivity index (χ3n) is 5.13. The second-order valence-corrected chi connectivity index (χ2v) is 7.49. The highest BCUT2D eigenvalue weighted by atomic mass is 19.4. The summed E-state index contributed by atoms with van der Waals surface area (Å²) in [5.74, 6) is -0.484. The van der Waals surface area contributed by atoms with Gasteiger partial charge in [0.25, 0.3) is 0 Å². The number of nitrogens with zero attached hydrogens (tertiary/aromatic N) is 2. The predicted molar refractivity (Wildman–Crippen MR) is 109 cm³/mol. The zero-order chi connectivity index (χ0) is 22.6. The van der Waals surface area contributed by atoms with Crippen molar-refractivity contribution in [3.63, 3.8) is 0 Å². The van der Waals surface area contributed by atoms with Gasteiger partial charge in [-0.05, 0) is 56.5 Å². The number of ether oxygens (including phenoxy) is 1. The lowest BCUT2D eigenvalue weighted by molar-refractivity contribution is -0.142. The highest BCUT2D eigenvalue weighted by molar-refractivity contribution is 5.81. The molecule has 1 amide bonds. The van der Waals surface area contributed by atoms with Crippen LogP contribution in [0, 0.1) is 5.92 Å². The molecule has 0 radical (unpaired) electrons. The molecule has 0 saturated heterocycles. The van der Waals surface area contributed by atoms with E-state index in [-0.39, 0.29) is 31.4 Å². The van der Waals surface area contributed by atoms with E-state index in [2.05, 4.69) is 4.98 Å². The first-order chi connectivity index (χ1) is 14.7. The third-order valence-corrected chi connectivity index (χ3v) is 5.13. The molecule has 0 bridgehead atoms. The average molecular weight is 434 g/mol. The molecule has 5 nitrogen and oxygen atoms in total. The Kier molecular flexibility index (Phi) is 6.97. The minimum atomic E-state index is -4.50. The van der Waals surface area contributed by atoms with Crippen molar-refractivity contribution in [1.82, 2.24) is 9.88 Å². The maximum atomic E-state index is 13.4. The molecule has 1 aliphatic carbocycles. The van der Waals surface area contributed by atoms with Crippen molar-refractivity contribution in [2.45, 2.75) is 45.8 Å². The molecule has 3 rings (SSSR count). The molecule has 1 heterocycles. The van der Waals surface area contributed by atoms with E-state index in [4.69, 9.17) is 4.74 Å². The van der Waals surface area contributed by atoms with Gasteiger partial charge < -0.3 is 9.64 Å². The van der Waals surface area contributed by atoms with Crippen LogP contribution in [0.1, 0.15) is 43.5 Å². The van der Waals surface area contributed by atoms with Crippen molar-refractivity contribution >= 4 is 11.9 Å². The lowest BCUT2D eigenvalue weighted by Crippen LogP contribution is -2.31. The minimum Gasteiger partial charge on any atom is -0.466 e. The molecule has 0 unspecified atom stereocenters. The minimum absolute atomic E-state index is 0.0276. The van der Waals surface area contributed by atoms with Crippen molar-refractivity contribution in [1.29, 1.82) is 0 Å². The topological polar surface area (TPSA) is 59.5 Å². The second-order valence-electron chi connectivity index (χ2n) is 7.49. The van der Waals surface area contributed by atoms with E-state index < -0.39 is 17.7 Å². The first kappa shape index (κ1) is 22.8. The molecule has 1 aromatic carbocycles. The molecular formula is C23H25F3N2O3. The van der Waals surface area contributed by atoms with E-state index >= 15 is 0 Å². The molecule has 2 aromatic rings. The van der Waals surface area contributed by atoms with Crippen LogP contribution in [-0.4, -0.2) is 34.9 Å². The molecule has 0 spiro atoms. The van der Waals surface area contributed by atoms with Crippen molar-refractivity contribution in [2.75, 3.05) is 13.2 Å². The number of halogens is 3. The Morgan fingerprint density at radius 1 is 1.16 bits per heavy atom. The molecule has 31 heavy (non-hydrogen) atoms. The molecule has 166 valence electrons. The molecule has 1 aliphatic rings. The van der Waals surface area contributed by atoms with Gasteiger partial charge in [0, 0.05) is 24.6 Å². The van der Waals surface area contributed by atoms with Crippen LogP contribution in [-0.2, 0) is 33.5 Å². The van der Waals surface area contributed by atoms with E-state index in [9.17, 15) is 22.8 Å². The fourth-order valence-corrected chi connectivity index (χ4v) is 3.38. The molecule has 1 aromatic heterocycles. The van der Waals surface area contributed by atoms with Gasteiger partial charge in [-0.15, -0.1) is 0 Å². The number of hydrogen-bond donors (Lipinski definition) is 0. The number of carbonyl (C=O) groups is 2. The number of amides is 1. The maximum absolute atomic E-state index is 13.4. The summed E-state index contributed by atoms with van der Waals surface area (Å²) in [5, 5.41) is 0. The van der Waals surface area contributed by atoms with Gasteiger partial charge in [-0.25, -0.2) is 0 Å². The Morgan fingerprint density at radius 3 is 2.52 bits per heavy atom. The van der Waals surface area contributed by atoms with Crippen molar-refractivity contribution in [3.05, 3.63) is 53.2 Å². The van der Waals surface area contributed by atoms with Crippen LogP contribution in [0.3, 0.4) is 0 Å². The van der Waals surface area contributed by atoms with E-state index in [0.29, 0.717) is 29.1 Å². The fraction of sp³-hybridized carbons (Fsp3) is 0.435. The van der Waals surface area contributed by atoms with Crippen LogP contribution in [0.15, 0.2) is 36.4 Å². The summed E-state index contributed by atoms with van der Waals surface area (Å²) >= 11 is 0. The van der Waals surface area contributed by atoms with Gasteiger partial charge in [0.1, 0.15) is 0 Å². The Hall–Kier alpha value is -2.90. The predicted octanol–water partition coefficient (Wildman–Crippen LogP) is 4.63. The average Bonchev–Trinajstić information content (AvgIpc) is 3.56. The Morgan fingerprint density at radius 2 is 1.90 bits per heavy atom. The van der Waals surface area contributed by atoms with Crippen LogP contribution >= 0.6 is 0 Å².